The van der Waals surface area contributed by atoms with E-state index in [4.69, 9.17) is 14.2 Å². The number of hydrogen-bond donors (Lipinski definition) is 1. The highest BCUT2D eigenvalue weighted by atomic mass is 19.2. The molecule has 3 aromatic carbocycles. The number of ether oxygens (including phenoxy) is 3. The zero-order valence-corrected chi connectivity index (χ0v) is 21.4. The van der Waals surface area contributed by atoms with Crippen LogP contribution in [0.1, 0.15) is 33.3 Å². The van der Waals surface area contributed by atoms with Gasteiger partial charge in [-0.2, -0.15) is 0 Å². The van der Waals surface area contributed by atoms with Crippen molar-refractivity contribution in [2.45, 2.75) is 13.5 Å². The summed E-state index contributed by atoms with van der Waals surface area (Å²) in [6.07, 6.45) is 1.64. The fraction of sp³-hybridized carbons (Fsp3) is 0.172. The molecule has 4 rings (SSSR count). The first-order chi connectivity index (χ1) is 18.8. The Hall–Kier alpha value is -4.73. The second-order valence-electron chi connectivity index (χ2n) is 8.35. The van der Waals surface area contributed by atoms with Gasteiger partial charge in [0.2, 0.25) is 0 Å². The minimum Gasteiger partial charge on any atom is -0.493 e. The molecule has 0 saturated carbocycles. The van der Waals surface area contributed by atoms with E-state index in [1.54, 1.807) is 35.9 Å². The summed E-state index contributed by atoms with van der Waals surface area (Å²) in [4.78, 5) is 26.4. The van der Waals surface area contributed by atoms with E-state index in [1.165, 1.54) is 14.2 Å². The van der Waals surface area contributed by atoms with Crippen LogP contribution in [-0.4, -0.2) is 37.3 Å². The van der Waals surface area contributed by atoms with Crippen LogP contribution in [0, 0.1) is 17.5 Å². The Morgan fingerprint density at radius 1 is 0.897 bits per heavy atom. The van der Waals surface area contributed by atoms with Gasteiger partial charge in [-0.05, 0) is 42.3 Å². The Morgan fingerprint density at radius 3 is 2.28 bits per heavy atom. The number of methoxy groups -OCH3 is 2. The molecule has 0 radical (unpaired) electrons. The maximum absolute atomic E-state index is 14.5. The SMILES string of the molecule is CCOC(=O)c1c(NC(=O)c2ccc(F)c(F)c2F)c(-c2ccc(OC)c(OC)c2)cn1Cc1ccccc1. The predicted octanol–water partition coefficient (Wildman–Crippen LogP) is 6.07. The van der Waals surface area contributed by atoms with Crippen LogP contribution in [0.25, 0.3) is 11.1 Å². The van der Waals surface area contributed by atoms with Gasteiger partial charge in [0.25, 0.3) is 5.91 Å². The number of carbonyl (C=O) groups excluding carboxylic acids is 2. The van der Waals surface area contributed by atoms with E-state index in [1.807, 2.05) is 30.3 Å². The van der Waals surface area contributed by atoms with Crippen molar-refractivity contribution < 1.29 is 37.0 Å². The lowest BCUT2D eigenvalue weighted by Crippen LogP contribution is -2.19. The highest BCUT2D eigenvalue weighted by Gasteiger charge is 2.28. The molecule has 1 heterocycles. The van der Waals surface area contributed by atoms with Crippen molar-refractivity contribution in [2.75, 3.05) is 26.1 Å². The summed E-state index contributed by atoms with van der Waals surface area (Å²) in [6, 6.07) is 15.7. The topological polar surface area (TPSA) is 78.8 Å². The minimum atomic E-state index is -1.78. The third-order valence-electron chi connectivity index (χ3n) is 5.96. The summed E-state index contributed by atoms with van der Waals surface area (Å²) in [5.74, 6) is -5.87. The number of benzene rings is 3. The van der Waals surface area contributed by atoms with Gasteiger partial charge in [0.15, 0.2) is 34.6 Å². The van der Waals surface area contributed by atoms with E-state index < -0.39 is 34.9 Å². The maximum Gasteiger partial charge on any atom is 0.357 e. The molecule has 0 bridgehead atoms. The molecule has 1 aromatic heterocycles. The Kier molecular flexibility index (Phi) is 8.24. The van der Waals surface area contributed by atoms with Gasteiger partial charge in [-0.15, -0.1) is 0 Å². The summed E-state index contributed by atoms with van der Waals surface area (Å²) >= 11 is 0. The van der Waals surface area contributed by atoms with Gasteiger partial charge in [0, 0.05) is 18.3 Å². The molecular formula is C29H25F3N2O5. The molecule has 0 saturated heterocycles. The lowest BCUT2D eigenvalue weighted by Gasteiger charge is -2.13. The third kappa shape index (κ3) is 5.59. The zero-order valence-electron chi connectivity index (χ0n) is 21.4. The van der Waals surface area contributed by atoms with E-state index in [0.717, 1.165) is 11.6 Å². The normalized spacial score (nSPS) is 10.7. The van der Waals surface area contributed by atoms with Crippen LogP contribution < -0.4 is 14.8 Å². The van der Waals surface area contributed by atoms with E-state index in [2.05, 4.69) is 5.32 Å². The molecule has 0 fully saturated rings. The van der Waals surface area contributed by atoms with Crippen LogP contribution in [0.4, 0.5) is 18.9 Å². The summed E-state index contributed by atoms with van der Waals surface area (Å²) in [5.41, 5.74) is 0.962. The van der Waals surface area contributed by atoms with E-state index >= 15 is 0 Å². The van der Waals surface area contributed by atoms with Crippen molar-refractivity contribution in [3.8, 4) is 22.6 Å². The van der Waals surface area contributed by atoms with Gasteiger partial charge < -0.3 is 24.1 Å². The molecular weight excluding hydrogens is 513 g/mol. The Bertz CT molecular complexity index is 1520. The monoisotopic (exact) mass is 538 g/mol. The molecule has 202 valence electrons. The molecule has 0 aliphatic carbocycles. The van der Waals surface area contributed by atoms with E-state index in [-0.39, 0.29) is 24.5 Å². The van der Waals surface area contributed by atoms with Crippen LogP contribution in [0.5, 0.6) is 11.5 Å². The molecule has 1 N–H and O–H groups in total. The van der Waals surface area contributed by atoms with Crippen LogP contribution in [0.15, 0.2) is 66.9 Å². The summed E-state index contributed by atoms with van der Waals surface area (Å²) in [6.45, 7) is 1.91. The highest BCUT2D eigenvalue weighted by molar-refractivity contribution is 6.11. The fourth-order valence-electron chi connectivity index (χ4n) is 4.11. The van der Waals surface area contributed by atoms with Crippen LogP contribution >= 0.6 is 0 Å². The smallest absolute Gasteiger partial charge is 0.357 e. The van der Waals surface area contributed by atoms with Crippen molar-refractivity contribution in [3.05, 3.63) is 101 Å². The predicted molar refractivity (Wildman–Crippen MR) is 139 cm³/mol. The average molecular weight is 539 g/mol. The summed E-state index contributed by atoms with van der Waals surface area (Å²) < 4.78 is 59.5. The number of nitrogens with one attached hydrogen (secondary N) is 1. The van der Waals surface area contributed by atoms with Gasteiger partial charge in [-0.3, -0.25) is 4.79 Å². The number of esters is 1. The average Bonchev–Trinajstić information content (AvgIpc) is 3.29. The molecule has 0 unspecified atom stereocenters. The summed E-state index contributed by atoms with van der Waals surface area (Å²) in [7, 11) is 2.94. The minimum absolute atomic E-state index is 0.00858. The third-order valence-corrected chi connectivity index (χ3v) is 5.96. The molecule has 0 aliphatic rings. The number of carbonyl (C=O) groups is 2. The lowest BCUT2D eigenvalue weighted by atomic mass is 10.1. The van der Waals surface area contributed by atoms with Crippen molar-refractivity contribution in [1.82, 2.24) is 4.57 Å². The van der Waals surface area contributed by atoms with Gasteiger partial charge in [0.1, 0.15) is 0 Å². The molecule has 10 heteroatoms. The fourth-order valence-corrected chi connectivity index (χ4v) is 4.11. The molecule has 7 nitrogen and oxygen atoms in total. The lowest BCUT2D eigenvalue weighted by molar-refractivity contribution is 0.0515. The van der Waals surface area contributed by atoms with Crippen LogP contribution in [0.2, 0.25) is 0 Å². The molecule has 0 aliphatic heterocycles. The Balaban J connectivity index is 1.92. The first-order valence-electron chi connectivity index (χ1n) is 11.9. The van der Waals surface area contributed by atoms with Gasteiger partial charge >= 0.3 is 5.97 Å². The maximum atomic E-state index is 14.5. The van der Waals surface area contributed by atoms with Gasteiger partial charge in [-0.1, -0.05) is 36.4 Å². The van der Waals surface area contributed by atoms with Crippen molar-refractivity contribution in [1.29, 1.82) is 0 Å². The van der Waals surface area contributed by atoms with Crippen molar-refractivity contribution >= 4 is 17.6 Å². The number of rotatable bonds is 9. The number of anilines is 1. The van der Waals surface area contributed by atoms with Crippen LogP contribution in [0.3, 0.4) is 0 Å². The molecule has 4 aromatic rings. The second-order valence-corrected chi connectivity index (χ2v) is 8.35. The highest BCUT2D eigenvalue weighted by Crippen LogP contribution is 2.39. The zero-order chi connectivity index (χ0) is 28.1. The number of amides is 1. The van der Waals surface area contributed by atoms with Crippen molar-refractivity contribution in [2.24, 2.45) is 0 Å². The number of aromatic nitrogens is 1. The largest absolute Gasteiger partial charge is 0.493 e. The second kappa shape index (κ2) is 11.8. The molecule has 0 atom stereocenters. The quantitative estimate of drug-likeness (QED) is 0.207. The first-order valence-corrected chi connectivity index (χ1v) is 11.9. The molecule has 1 amide bonds. The number of hydrogen-bond acceptors (Lipinski definition) is 5. The Morgan fingerprint density at radius 2 is 1.62 bits per heavy atom. The van der Waals surface area contributed by atoms with Crippen molar-refractivity contribution in [3.63, 3.8) is 0 Å². The molecule has 39 heavy (non-hydrogen) atoms. The molecule has 0 spiro atoms. The van der Waals surface area contributed by atoms with Gasteiger partial charge in [-0.25, -0.2) is 18.0 Å². The van der Waals surface area contributed by atoms with E-state index in [0.29, 0.717) is 28.7 Å². The number of halogens is 3. The Labute approximate surface area is 222 Å². The van der Waals surface area contributed by atoms with Gasteiger partial charge in [0.05, 0.1) is 32.1 Å². The summed E-state index contributed by atoms with van der Waals surface area (Å²) in [5, 5.41) is 2.53. The van der Waals surface area contributed by atoms with E-state index in [9.17, 15) is 22.8 Å². The first kappa shape index (κ1) is 27.3. The van der Waals surface area contributed by atoms with Crippen LogP contribution in [-0.2, 0) is 11.3 Å². The standard InChI is InChI=1S/C29H25F3N2O5/c1-4-39-29(36)27-26(33-28(35)19-11-12-21(30)25(32)24(19)31)20(16-34(27)15-17-8-6-5-7-9-17)18-10-13-22(37-2)23(14-18)38-3/h5-14,16H,4,15H2,1-3H3,(H,33,35). The number of nitrogens with zero attached hydrogens (tertiary/aromatic N) is 1.